The van der Waals surface area contributed by atoms with E-state index in [4.69, 9.17) is 4.74 Å². The molecule has 1 N–H and O–H groups in total. The van der Waals surface area contributed by atoms with Crippen LogP contribution < -0.4 is 4.74 Å². The summed E-state index contributed by atoms with van der Waals surface area (Å²) in [5, 5.41) is 0.949. The number of nitrogens with one attached hydrogen (secondary N) is 1. The lowest BCUT2D eigenvalue weighted by Gasteiger charge is -2.20. The number of H-pyrrole nitrogens is 1. The largest absolute Gasteiger partial charge is 0.494 e. The molecule has 0 bridgehead atoms. The predicted octanol–water partition coefficient (Wildman–Crippen LogP) is 4.58. The summed E-state index contributed by atoms with van der Waals surface area (Å²) in [5.41, 5.74) is 1.40. The molecule has 0 unspecified atom stereocenters. The predicted molar refractivity (Wildman–Crippen MR) is 82.5 cm³/mol. The van der Waals surface area contributed by atoms with Crippen LogP contribution >= 0.6 is 0 Å². The van der Waals surface area contributed by atoms with Gasteiger partial charge < -0.3 is 9.72 Å². The summed E-state index contributed by atoms with van der Waals surface area (Å²) in [6, 6.07) is 5.87. The minimum absolute atomic E-state index is 0.180. The van der Waals surface area contributed by atoms with Crippen LogP contribution in [0.4, 0.5) is 0 Å². The molecule has 0 saturated carbocycles. The molecule has 20 heavy (non-hydrogen) atoms. The highest BCUT2D eigenvalue weighted by Gasteiger charge is 2.28. The summed E-state index contributed by atoms with van der Waals surface area (Å²) in [4.78, 5) is 15.8. The van der Waals surface area contributed by atoms with Crippen LogP contribution in [0.15, 0.2) is 24.4 Å². The molecule has 0 fully saturated rings. The Kier molecular flexibility index (Phi) is 4.17. The van der Waals surface area contributed by atoms with Crippen LogP contribution in [0.3, 0.4) is 0 Å². The highest BCUT2D eigenvalue weighted by atomic mass is 16.5. The van der Waals surface area contributed by atoms with Gasteiger partial charge in [0, 0.05) is 28.1 Å². The van der Waals surface area contributed by atoms with E-state index in [1.807, 2.05) is 45.2 Å². The van der Waals surface area contributed by atoms with E-state index in [0.29, 0.717) is 6.61 Å². The van der Waals surface area contributed by atoms with E-state index in [2.05, 4.69) is 11.9 Å². The van der Waals surface area contributed by atoms with E-state index in [1.54, 1.807) is 0 Å². The summed E-state index contributed by atoms with van der Waals surface area (Å²) in [7, 11) is 0. The van der Waals surface area contributed by atoms with E-state index >= 15 is 0 Å². The van der Waals surface area contributed by atoms with Crippen molar-refractivity contribution in [2.75, 3.05) is 6.61 Å². The van der Waals surface area contributed by atoms with Crippen LogP contribution in [0.25, 0.3) is 10.9 Å². The van der Waals surface area contributed by atoms with Crippen LogP contribution in [-0.4, -0.2) is 17.4 Å². The maximum Gasteiger partial charge on any atom is 0.170 e. The highest BCUT2D eigenvalue weighted by molar-refractivity contribution is 6.10. The van der Waals surface area contributed by atoms with E-state index in [9.17, 15) is 4.79 Å². The SMILES string of the molecule is CCCOc1ccc2[nH]cc(C(=O)C(C)(C)CC)c2c1. The van der Waals surface area contributed by atoms with Crippen molar-refractivity contribution in [3.8, 4) is 5.75 Å². The molecule has 2 rings (SSSR count). The summed E-state index contributed by atoms with van der Waals surface area (Å²) in [5.74, 6) is 1.00. The molecule has 0 aliphatic rings. The van der Waals surface area contributed by atoms with Crippen molar-refractivity contribution in [1.82, 2.24) is 4.98 Å². The molecule has 2 aromatic rings. The Hall–Kier alpha value is -1.77. The topological polar surface area (TPSA) is 42.1 Å². The van der Waals surface area contributed by atoms with Gasteiger partial charge in [-0.1, -0.05) is 27.7 Å². The lowest BCUT2D eigenvalue weighted by Crippen LogP contribution is -2.23. The Labute approximate surface area is 120 Å². The first-order chi connectivity index (χ1) is 9.49. The molecule has 1 aromatic carbocycles. The van der Waals surface area contributed by atoms with Crippen LogP contribution in [-0.2, 0) is 0 Å². The van der Waals surface area contributed by atoms with Crippen molar-refractivity contribution >= 4 is 16.7 Å². The lowest BCUT2D eigenvalue weighted by atomic mass is 9.82. The zero-order valence-corrected chi connectivity index (χ0v) is 12.7. The van der Waals surface area contributed by atoms with E-state index in [1.165, 1.54) is 0 Å². The number of ketones is 1. The number of fused-ring (bicyclic) bond motifs is 1. The summed E-state index contributed by atoms with van der Waals surface area (Å²) in [6.07, 6.45) is 3.61. The molecular formula is C17H23NO2. The van der Waals surface area contributed by atoms with Gasteiger partial charge in [0.1, 0.15) is 5.75 Å². The first-order valence-electron chi connectivity index (χ1n) is 7.28. The first kappa shape index (κ1) is 14.6. The quantitative estimate of drug-likeness (QED) is 0.783. The minimum atomic E-state index is -0.338. The normalized spacial score (nSPS) is 11.8. The Morgan fingerprint density at radius 1 is 1.30 bits per heavy atom. The second kappa shape index (κ2) is 5.70. The van der Waals surface area contributed by atoms with Crippen molar-refractivity contribution in [2.45, 2.75) is 40.5 Å². The summed E-state index contributed by atoms with van der Waals surface area (Å²) < 4.78 is 5.65. The first-order valence-corrected chi connectivity index (χ1v) is 7.28. The Balaban J connectivity index is 2.41. The number of aromatic amines is 1. The maximum absolute atomic E-state index is 12.6. The third kappa shape index (κ3) is 2.72. The van der Waals surface area contributed by atoms with Crippen molar-refractivity contribution in [3.63, 3.8) is 0 Å². The molecule has 0 saturated heterocycles. The monoisotopic (exact) mass is 273 g/mol. The molecule has 108 valence electrons. The summed E-state index contributed by atoms with van der Waals surface area (Å²) >= 11 is 0. The van der Waals surface area contributed by atoms with Crippen molar-refractivity contribution in [3.05, 3.63) is 30.0 Å². The van der Waals surface area contributed by atoms with Crippen molar-refractivity contribution in [2.24, 2.45) is 5.41 Å². The average Bonchev–Trinajstić information content (AvgIpc) is 2.87. The Morgan fingerprint density at radius 3 is 2.70 bits per heavy atom. The van der Waals surface area contributed by atoms with Gasteiger partial charge in [0.05, 0.1) is 6.61 Å². The maximum atomic E-state index is 12.6. The molecule has 0 aliphatic carbocycles. The molecule has 0 radical (unpaired) electrons. The van der Waals surface area contributed by atoms with Crippen LogP contribution in [0, 0.1) is 5.41 Å². The molecule has 1 aromatic heterocycles. The van der Waals surface area contributed by atoms with Gasteiger partial charge in [-0.25, -0.2) is 0 Å². The standard InChI is InChI=1S/C17H23NO2/c1-5-9-20-12-7-8-15-13(10-12)14(11-18-15)16(19)17(3,4)6-2/h7-8,10-11,18H,5-6,9H2,1-4H3. The fourth-order valence-electron chi connectivity index (χ4n) is 2.12. The Bertz CT molecular complexity index is 610. The molecule has 0 spiro atoms. The highest BCUT2D eigenvalue weighted by Crippen LogP contribution is 2.31. The number of Topliss-reactive ketones (excluding diaryl/α,β-unsaturated/α-hetero) is 1. The number of aromatic nitrogens is 1. The zero-order valence-electron chi connectivity index (χ0n) is 12.7. The average molecular weight is 273 g/mol. The van der Waals surface area contributed by atoms with Gasteiger partial charge in [0.25, 0.3) is 0 Å². The molecule has 1 heterocycles. The smallest absolute Gasteiger partial charge is 0.170 e. The van der Waals surface area contributed by atoms with Gasteiger partial charge in [-0.05, 0) is 31.0 Å². The zero-order chi connectivity index (χ0) is 14.8. The molecule has 0 atom stereocenters. The third-order valence-corrected chi connectivity index (χ3v) is 3.87. The van der Waals surface area contributed by atoms with Gasteiger partial charge in [0.15, 0.2) is 5.78 Å². The van der Waals surface area contributed by atoms with E-state index in [-0.39, 0.29) is 11.2 Å². The van der Waals surface area contributed by atoms with E-state index in [0.717, 1.165) is 35.1 Å². The summed E-state index contributed by atoms with van der Waals surface area (Å²) in [6.45, 7) is 8.80. The van der Waals surface area contributed by atoms with Crippen LogP contribution in [0.2, 0.25) is 0 Å². The second-order valence-electron chi connectivity index (χ2n) is 5.82. The number of rotatable bonds is 6. The van der Waals surface area contributed by atoms with Crippen LogP contribution in [0.5, 0.6) is 5.75 Å². The molecule has 3 heteroatoms. The number of hydrogen-bond donors (Lipinski definition) is 1. The fourth-order valence-corrected chi connectivity index (χ4v) is 2.12. The number of carbonyl (C=O) groups excluding carboxylic acids is 1. The van der Waals surface area contributed by atoms with Gasteiger partial charge in [-0.2, -0.15) is 0 Å². The molecule has 0 aliphatic heterocycles. The number of ether oxygens (including phenoxy) is 1. The molecule has 0 amide bonds. The van der Waals surface area contributed by atoms with Crippen molar-refractivity contribution < 1.29 is 9.53 Å². The lowest BCUT2D eigenvalue weighted by molar-refractivity contribution is 0.0835. The number of benzene rings is 1. The minimum Gasteiger partial charge on any atom is -0.494 e. The van der Waals surface area contributed by atoms with Crippen molar-refractivity contribution in [1.29, 1.82) is 0 Å². The van der Waals surface area contributed by atoms with Gasteiger partial charge >= 0.3 is 0 Å². The number of hydrogen-bond acceptors (Lipinski definition) is 2. The Morgan fingerprint density at radius 2 is 2.05 bits per heavy atom. The van der Waals surface area contributed by atoms with Gasteiger partial charge in [0.2, 0.25) is 0 Å². The van der Waals surface area contributed by atoms with E-state index < -0.39 is 0 Å². The van der Waals surface area contributed by atoms with Crippen LogP contribution in [0.1, 0.15) is 50.9 Å². The second-order valence-corrected chi connectivity index (χ2v) is 5.82. The number of carbonyl (C=O) groups is 1. The van der Waals surface area contributed by atoms with Gasteiger partial charge in [-0.15, -0.1) is 0 Å². The van der Waals surface area contributed by atoms with Gasteiger partial charge in [-0.3, -0.25) is 4.79 Å². The fraction of sp³-hybridized carbons (Fsp3) is 0.471. The molecule has 3 nitrogen and oxygen atoms in total. The molecular weight excluding hydrogens is 250 g/mol. The third-order valence-electron chi connectivity index (χ3n) is 3.87.